The zero-order chi connectivity index (χ0) is 9.97. The fourth-order valence-electron chi connectivity index (χ4n) is 2.01. The van der Waals surface area contributed by atoms with Crippen LogP contribution in [-0.4, -0.2) is 19.6 Å². The van der Waals surface area contributed by atoms with Gasteiger partial charge in [-0.1, -0.05) is 23.8 Å². The quantitative estimate of drug-likeness (QED) is 0.702. The molecule has 0 aromatic heterocycles. The van der Waals surface area contributed by atoms with E-state index < -0.39 is 0 Å². The zero-order valence-electron chi connectivity index (χ0n) is 8.93. The Kier molecular flexibility index (Phi) is 2.85. The number of piperazine rings is 1. The van der Waals surface area contributed by atoms with Gasteiger partial charge in [-0.05, 0) is 25.0 Å². The van der Waals surface area contributed by atoms with Gasteiger partial charge in [-0.2, -0.15) is 0 Å². The number of aryl methyl sites for hydroxylation is 2. The molecule has 1 saturated heterocycles. The summed E-state index contributed by atoms with van der Waals surface area (Å²) in [5.74, 6) is 0. The van der Waals surface area contributed by atoms with Gasteiger partial charge in [0, 0.05) is 25.7 Å². The Bertz CT molecular complexity index is 314. The smallest absolute Gasteiger partial charge is 0.0449 e. The molecule has 0 saturated carbocycles. The monoisotopic (exact) mass is 190 g/mol. The maximum atomic E-state index is 3.54. The first-order valence-corrected chi connectivity index (χ1v) is 5.28. The molecule has 0 amide bonds. The highest BCUT2D eigenvalue weighted by Gasteiger charge is 2.15. The predicted molar refractivity (Wildman–Crippen MR) is 59.5 cm³/mol. The van der Waals surface area contributed by atoms with Crippen LogP contribution in [0.2, 0.25) is 0 Å². The third-order valence-corrected chi connectivity index (χ3v) is 2.85. The minimum atomic E-state index is 0.489. The SMILES string of the molecule is Cc1ccc(C)c([C@H]2CNCCN2)c1. The topological polar surface area (TPSA) is 24.1 Å². The molecule has 0 aliphatic carbocycles. The van der Waals surface area contributed by atoms with Crippen molar-refractivity contribution in [2.75, 3.05) is 19.6 Å². The summed E-state index contributed by atoms with van der Waals surface area (Å²) in [6, 6.07) is 7.17. The van der Waals surface area contributed by atoms with Crippen LogP contribution in [0.5, 0.6) is 0 Å². The predicted octanol–water partition coefficient (Wildman–Crippen LogP) is 1.54. The van der Waals surface area contributed by atoms with E-state index in [2.05, 4.69) is 42.7 Å². The Hall–Kier alpha value is -0.860. The van der Waals surface area contributed by atoms with Crippen LogP contribution in [0.15, 0.2) is 18.2 Å². The second-order valence-corrected chi connectivity index (χ2v) is 4.07. The molecule has 1 aromatic carbocycles. The first-order chi connectivity index (χ1) is 6.77. The van der Waals surface area contributed by atoms with Gasteiger partial charge in [0.25, 0.3) is 0 Å². The summed E-state index contributed by atoms with van der Waals surface area (Å²) in [4.78, 5) is 0. The molecule has 0 bridgehead atoms. The highest BCUT2D eigenvalue weighted by molar-refractivity contribution is 5.33. The summed E-state index contributed by atoms with van der Waals surface area (Å²) in [5.41, 5.74) is 4.17. The molecule has 1 atom stereocenters. The summed E-state index contributed by atoms with van der Waals surface area (Å²) in [5, 5.41) is 6.96. The van der Waals surface area contributed by atoms with Gasteiger partial charge >= 0.3 is 0 Å². The van der Waals surface area contributed by atoms with E-state index in [1.54, 1.807) is 0 Å². The van der Waals surface area contributed by atoms with Crippen molar-refractivity contribution in [3.63, 3.8) is 0 Å². The van der Waals surface area contributed by atoms with Gasteiger partial charge < -0.3 is 10.6 Å². The Morgan fingerprint density at radius 1 is 1.21 bits per heavy atom. The summed E-state index contributed by atoms with van der Waals surface area (Å²) in [6.07, 6.45) is 0. The molecule has 76 valence electrons. The van der Waals surface area contributed by atoms with Crippen LogP contribution in [0, 0.1) is 13.8 Å². The molecule has 0 unspecified atom stereocenters. The van der Waals surface area contributed by atoms with Crippen LogP contribution in [0.25, 0.3) is 0 Å². The van der Waals surface area contributed by atoms with Crippen molar-refractivity contribution in [1.29, 1.82) is 0 Å². The Labute approximate surface area is 85.7 Å². The molecule has 2 heteroatoms. The Balaban J connectivity index is 2.24. The molecule has 14 heavy (non-hydrogen) atoms. The highest BCUT2D eigenvalue weighted by atomic mass is 15.1. The van der Waals surface area contributed by atoms with E-state index in [1.807, 2.05) is 0 Å². The van der Waals surface area contributed by atoms with E-state index in [0.29, 0.717) is 6.04 Å². The maximum Gasteiger partial charge on any atom is 0.0449 e. The highest BCUT2D eigenvalue weighted by Crippen LogP contribution is 2.19. The first kappa shape index (κ1) is 9.69. The van der Waals surface area contributed by atoms with Crippen LogP contribution in [0.3, 0.4) is 0 Å². The van der Waals surface area contributed by atoms with Gasteiger partial charge in [0.05, 0.1) is 0 Å². The van der Waals surface area contributed by atoms with Crippen LogP contribution >= 0.6 is 0 Å². The van der Waals surface area contributed by atoms with Crippen molar-refractivity contribution in [1.82, 2.24) is 10.6 Å². The van der Waals surface area contributed by atoms with Crippen molar-refractivity contribution in [3.05, 3.63) is 34.9 Å². The molecule has 1 aromatic rings. The number of hydrogen-bond donors (Lipinski definition) is 2. The lowest BCUT2D eigenvalue weighted by molar-refractivity contribution is 0.429. The standard InChI is InChI=1S/C12H18N2/c1-9-3-4-10(2)11(7-9)12-8-13-5-6-14-12/h3-4,7,12-14H,5-6,8H2,1-2H3/t12-/m1/s1. The van der Waals surface area contributed by atoms with E-state index in [4.69, 9.17) is 0 Å². The van der Waals surface area contributed by atoms with Crippen molar-refractivity contribution in [3.8, 4) is 0 Å². The van der Waals surface area contributed by atoms with Crippen molar-refractivity contribution in [2.24, 2.45) is 0 Å². The van der Waals surface area contributed by atoms with E-state index >= 15 is 0 Å². The van der Waals surface area contributed by atoms with Crippen molar-refractivity contribution in [2.45, 2.75) is 19.9 Å². The van der Waals surface area contributed by atoms with Crippen molar-refractivity contribution < 1.29 is 0 Å². The van der Waals surface area contributed by atoms with Crippen LogP contribution < -0.4 is 10.6 Å². The molecule has 2 rings (SSSR count). The third-order valence-electron chi connectivity index (χ3n) is 2.85. The van der Waals surface area contributed by atoms with Gasteiger partial charge in [-0.3, -0.25) is 0 Å². The van der Waals surface area contributed by atoms with Gasteiger partial charge in [0.15, 0.2) is 0 Å². The molecule has 0 radical (unpaired) electrons. The van der Waals surface area contributed by atoms with E-state index in [-0.39, 0.29) is 0 Å². The van der Waals surface area contributed by atoms with Crippen molar-refractivity contribution >= 4 is 0 Å². The van der Waals surface area contributed by atoms with Crippen LogP contribution in [0.4, 0.5) is 0 Å². The third kappa shape index (κ3) is 1.97. The first-order valence-electron chi connectivity index (χ1n) is 5.28. The fraction of sp³-hybridized carbons (Fsp3) is 0.500. The second-order valence-electron chi connectivity index (χ2n) is 4.07. The molecular formula is C12H18N2. The van der Waals surface area contributed by atoms with Crippen LogP contribution in [-0.2, 0) is 0 Å². The molecule has 2 N–H and O–H groups in total. The Morgan fingerprint density at radius 3 is 2.79 bits per heavy atom. The van der Waals surface area contributed by atoms with E-state index in [1.165, 1.54) is 16.7 Å². The molecule has 1 heterocycles. The van der Waals surface area contributed by atoms with Gasteiger partial charge in [0.1, 0.15) is 0 Å². The number of hydrogen-bond acceptors (Lipinski definition) is 2. The lowest BCUT2D eigenvalue weighted by atomic mass is 9.98. The second kappa shape index (κ2) is 4.11. The molecule has 1 fully saturated rings. The largest absolute Gasteiger partial charge is 0.314 e. The maximum absolute atomic E-state index is 3.54. The summed E-state index contributed by atoms with van der Waals surface area (Å²) in [6.45, 7) is 7.54. The summed E-state index contributed by atoms with van der Waals surface area (Å²) in [7, 11) is 0. The van der Waals surface area contributed by atoms with Gasteiger partial charge in [0.2, 0.25) is 0 Å². The summed E-state index contributed by atoms with van der Waals surface area (Å²) < 4.78 is 0. The van der Waals surface area contributed by atoms with Crippen LogP contribution in [0.1, 0.15) is 22.7 Å². The molecule has 1 aliphatic rings. The molecule has 2 nitrogen and oxygen atoms in total. The average molecular weight is 190 g/mol. The molecular weight excluding hydrogens is 172 g/mol. The summed E-state index contributed by atoms with van der Waals surface area (Å²) >= 11 is 0. The number of benzene rings is 1. The lowest BCUT2D eigenvalue weighted by Gasteiger charge is -2.26. The Morgan fingerprint density at radius 2 is 2.07 bits per heavy atom. The molecule has 0 spiro atoms. The average Bonchev–Trinajstić information content (AvgIpc) is 2.23. The number of nitrogens with one attached hydrogen (secondary N) is 2. The number of rotatable bonds is 1. The minimum absolute atomic E-state index is 0.489. The molecule has 1 aliphatic heterocycles. The van der Waals surface area contributed by atoms with E-state index in [0.717, 1.165) is 19.6 Å². The lowest BCUT2D eigenvalue weighted by Crippen LogP contribution is -2.42. The van der Waals surface area contributed by atoms with Gasteiger partial charge in [-0.25, -0.2) is 0 Å². The normalized spacial score (nSPS) is 22.3. The van der Waals surface area contributed by atoms with E-state index in [9.17, 15) is 0 Å². The van der Waals surface area contributed by atoms with Gasteiger partial charge in [-0.15, -0.1) is 0 Å². The fourth-order valence-corrected chi connectivity index (χ4v) is 2.01. The minimum Gasteiger partial charge on any atom is -0.314 e. The zero-order valence-corrected chi connectivity index (χ0v) is 8.93.